The summed E-state index contributed by atoms with van der Waals surface area (Å²) in [4.78, 5) is 35.4. The molecule has 0 saturated heterocycles. The fourth-order valence-corrected chi connectivity index (χ4v) is 2.59. The molecule has 0 aliphatic heterocycles. The molecule has 3 aromatic rings. The van der Waals surface area contributed by atoms with E-state index in [-0.39, 0.29) is 18.9 Å². The first-order chi connectivity index (χ1) is 12.6. The molecule has 7 heteroatoms. The summed E-state index contributed by atoms with van der Waals surface area (Å²) in [5, 5.41) is 3.30. The van der Waals surface area contributed by atoms with Gasteiger partial charge in [-0.1, -0.05) is 18.1 Å². The molecule has 0 fully saturated rings. The highest BCUT2D eigenvalue weighted by Gasteiger charge is 2.19. The van der Waals surface area contributed by atoms with Crippen molar-refractivity contribution >= 4 is 28.6 Å². The standard InChI is InChI=1S/C19H16N4O3/c1-3-6-15(24)23-13-8-5-7-12(9-13)17-16-14(19(25)26-4-2)10-20-18(16)22-11-21-17/h1,5,7-11H,4,6H2,2H3,(H,23,24)(H,20,21,22). The molecule has 2 aromatic heterocycles. The Bertz CT molecular complexity index is 1020. The third-order valence-electron chi connectivity index (χ3n) is 3.65. The number of carbonyl (C=O) groups excluding carboxylic acids is 2. The lowest BCUT2D eigenvalue weighted by Gasteiger charge is -2.08. The lowest BCUT2D eigenvalue weighted by atomic mass is 10.1. The SMILES string of the molecule is C#CCC(=O)Nc1cccc(-c2ncnc3[nH]cc(C(=O)OCC)c23)c1. The van der Waals surface area contributed by atoms with Crippen molar-refractivity contribution < 1.29 is 14.3 Å². The van der Waals surface area contributed by atoms with Gasteiger partial charge in [-0.25, -0.2) is 14.8 Å². The molecule has 0 aliphatic rings. The Balaban J connectivity index is 2.06. The summed E-state index contributed by atoms with van der Waals surface area (Å²) in [5.74, 6) is 1.58. The van der Waals surface area contributed by atoms with Crippen LogP contribution in [0.1, 0.15) is 23.7 Å². The van der Waals surface area contributed by atoms with Crippen LogP contribution in [0.4, 0.5) is 5.69 Å². The van der Waals surface area contributed by atoms with E-state index in [1.54, 1.807) is 31.3 Å². The van der Waals surface area contributed by atoms with Crippen molar-refractivity contribution in [2.75, 3.05) is 11.9 Å². The van der Waals surface area contributed by atoms with Crippen LogP contribution in [0.5, 0.6) is 0 Å². The van der Waals surface area contributed by atoms with Crippen LogP contribution in [0.3, 0.4) is 0 Å². The van der Waals surface area contributed by atoms with Gasteiger partial charge in [0.2, 0.25) is 5.91 Å². The van der Waals surface area contributed by atoms with E-state index in [1.807, 2.05) is 6.07 Å². The minimum absolute atomic E-state index is 0.00715. The quantitative estimate of drug-likeness (QED) is 0.546. The maximum Gasteiger partial charge on any atom is 0.340 e. The Morgan fingerprint density at radius 1 is 1.35 bits per heavy atom. The molecule has 130 valence electrons. The zero-order valence-corrected chi connectivity index (χ0v) is 14.1. The zero-order valence-electron chi connectivity index (χ0n) is 14.1. The zero-order chi connectivity index (χ0) is 18.5. The van der Waals surface area contributed by atoms with E-state index in [0.29, 0.717) is 28.0 Å². The molecule has 1 amide bonds. The van der Waals surface area contributed by atoms with E-state index in [2.05, 4.69) is 26.2 Å². The Kier molecular flexibility index (Phi) is 4.94. The Morgan fingerprint density at radius 3 is 2.96 bits per heavy atom. The van der Waals surface area contributed by atoms with Crippen molar-refractivity contribution in [2.24, 2.45) is 0 Å². The molecule has 7 nitrogen and oxygen atoms in total. The van der Waals surface area contributed by atoms with Crippen molar-refractivity contribution in [1.82, 2.24) is 15.0 Å². The summed E-state index contributed by atoms with van der Waals surface area (Å²) in [6.45, 7) is 2.01. The highest BCUT2D eigenvalue weighted by molar-refractivity contribution is 6.08. The first-order valence-electron chi connectivity index (χ1n) is 7.97. The van der Waals surface area contributed by atoms with Crippen LogP contribution in [-0.4, -0.2) is 33.4 Å². The molecule has 2 N–H and O–H groups in total. The number of carbonyl (C=O) groups is 2. The van der Waals surface area contributed by atoms with Gasteiger partial charge < -0.3 is 15.0 Å². The van der Waals surface area contributed by atoms with Crippen LogP contribution in [0.15, 0.2) is 36.8 Å². The number of anilines is 1. The van der Waals surface area contributed by atoms with Crippen molar-refractivity contribution in [2.45, 2.75) is 13.3 Å². The van der Waals surface area contributed by atoms with Crippen molar-refractivity contribution in [3.63, 3.8) is 0 Å². The lowest BCUT2D eigenvalue weighted by Crippen LogP contribution is -2.10. The molecular weight excluding hydrogens is 332 g/mol. The number of aromatic nitrogens is 3. The van der Waals surface area contributed by atoms with Gasteiger partial charge in [0, 0.05) is 17.4 Å². The summed E-state index contributed by atoms with van der Waals surface area (Å²) in [7, 11) is 0. The fourth-order valence-electron chi connectivity index (χ4n) is 2.59. The molecule has 26 heavy (non-hydrogen) atoms. The van der Waals surface area contributed by atoms with Crippen LogP contribution in [-0.2, 0) is 9.53 Å². The first kappa shape index (κ1) is 17.2. The number of hydrogen-bond donors (Lipinski definition) is 2. The summed E-state index contributed by atoms with van der Waals surface area (Å²) < 4.78 is 5.10. The van der Waals surface area contributed by atoms with Crippen molar-refractivity contribution in [1.29, 1.82) is 0 Å². The summed E-state index contributed by atoms with van der Waals surface area (Å²) in [6, 6.07) is 7.13. The minimum Gasteiger partial charge on any atom is -0.462 e. The topological polar surface area (TPSA) is 97.0 Å². The number of nitrogens with one attached hydrogen (secondary N) is 2. The van der Waals surface area contributed by atoms with Crippen molar-refractivity contribution in [3.8, 4) is 23.6 Å². The van der Waals surface area contributed by atoms with Crippen LogP contribution in [0.25, 0.3) is 22.3 Å². The van der Waals surface area contributed by atoms with Gasteiger partial charge in [0.15, 0.2) is 0 Å². The Labute approximate surface area is 149 Å². The number of esters is 1. The molecule has 0 bridgehead atoms. The molecule has 1 aromatic carbocycles. The molecule has 2 heterocycles. The van der Waals surface area contributed by atoms with Gasteiger partial charge in [-0.05, 0) is 19.1 Å². The monoisotopic (exact) mass is 348 g/mol. The Hall–Kier alpha value is -3.66. The fraction of sp³-hybridized carbons (Fsp3) is 0.158. The summed E-state index contributed by atoms with van der Waals surface area (Å²) in [6.07, 6.45) is 8.11. The molecule has 0 saturated carbocycles. The molecule has 3 rings (SSSR count). The number of amides is 1. The minimum atomic E-state index is -0.451. The normalized spacial score (nSPS) is 10.3. The van der Waals surface area contributed by atoms with E-state index in [0.717, 1.165) is 5.56 Å². The third kappa shape index (κ3) is 3.39. The number of rotatable bonds is 5. The Morgan fingerprint density at radius 2 is 2.19 bits per heavy atom. The lowest BCUT2D eigenvalue weighted by molar-refractivity contribution is -0.115. The van der Waals surface area contributed by atoms with Crippen LogP contribution >= 0.6 is 0 Å². The summed E-state index contributed by atoms with van der Waals surface area (Å²) >= 11 is 0. The maximum absolute atomic E-state index is 12.2. The second-order valence-corrected chi connectivity index (χ2v) is 5.38. The number of nitrogens with zero attached hydrogens (tertiary/aromatic N) is 2. The predicted molar refractivity (Wildman–Crippen MR) is 97.4 cm³/mol. The number of ether oxygens (including phenoxy) is 1. The van der Waals surface area contributed by atoms with Gasteiger partial charge in [-0.15, -0.1) is 6.42 Å². The smallest absolute Gasteiger partial charge is 0.340 e. The number of H-pyrrole nitrogens is 1. The number of benzene rings is 1. The second kappa shape index (κ2) is 7.49. The van der Waals surface area contributed by atoms with Gasteiger partial charge in [0.25, 0.3) is 0 Å². The number of fused-ring (bicyclic) bond motifs is 1. The first-order valence-corrected chi connectivity index (χ1v) is 7.97. The molecule has 0 radical (unpaired) electrons. The predicted octanol–water partition coefficient (Wildman–Crippen LogP) is 2.76. The number of hydrogen-bond acceptors (Lipinski definition) is 5. The van der Waals surface area contributed by atoms with E-state index in [9.17, 15) is 9.59 Å². The highest BCUT2D eigenvalue weighted by Crippen LogP contribution is 2.30. The molecule has 0 atom stereocenters. The largest absolute Gasteiger partial charge is 0.462 e. The van der Waals surface area contributed by atoms with Gasteiger partial charge in [-0.2, -0.15) is 0 Å². The van der Waals surface area contributed by atoms with E-state index < -0.39 is 5.97 Å². The number of terminal acetylenes is 1. The molecular formula is C19H16N4O3. The van der Waals surface area contributed by atoms with Gasteiger partial charge in [0.05, 0.1) is 29.7 Å². The molecule has 0 spiro atoms. The van der Waals surface area contributed by atoms with Crippen LogP contribution < -0.4 is 5.32 Å². The third-order valence-corrected chi connectivity index (χ3v) is 3.65. The maximum atomic E-state index is 12.2. The van der Waals surface area contributed by atoms with E-state index >= 15 is 0 Å². The average molecular weight is 348 g/mol. The average Bonchev–Trinajstić information content (AvgIpc) is 3.06. The van der Waals surface area contributed by atoms with Gasteiger partial charge in [0.1, 0.15) is 12.0 Å². The van der Waals surface area contributed by atoms with Crippen molar-refractivity contribution in [3.05, 3.63) is 42.4 Å². The second-order valence-electron chi connectivity index (χ2n) is 5.38. The molecule has 0 aliphatic carbocycles. The van der Waals surface area contributed by atoms with Gasteiger partial charge in [-0.3, -0.25) is 4.79 Å². The highest BCUT2D eigenvalue weighted by atomic mass is 16.5. The van der Waals surface area contributed by atoms with Gasteiger partial charge >= 0.3 is 5.97 Å². The van der Waals surface area contributed by atoms with E-state index in [4.69, 9.17) is 11.2 Å². The van der Waals surface area contributed by atoms with E-state index in [1.165, 1.54) is 6.33 Å². The number of aromatic amines is 1. The summed E-state index contributed by atoms with van der Waals surface area (Å²) in [5.41, 5.74) is 2.76. The molecule has 0 unspecified atom stereocenters. The van der Waals surface area contributed by atoms with Crippen LogP contribution in [0.2, 0.25) is 0 Å². The van der Waals surface area contributed by atoms with Crippen LogP contribution in [0, 0.1) is 12.3 Å².